The van der Waals surface area contributed by atoms with Crippen LogP contribution in [0.15, 0.2) is 48.5 Å². The van der Waals surface area contributed by atoms with E-state index in [0.29, 0.717) is 0 Å². The van der Waals surface area contributed by atoms with Crippen LogP contribution in [0.4, 0.5) is 0 Å². The Morgan fingerprint density at radius 1 is 0.889 bits per heavy atom. The zero-order valence-electron chi connectivity index (χ0n) is 10.7. The van der Waals surface area contributed by atoms with E-state index in [-0.39, 0.29) is 0 Å². The molecule has 0 N–H and O–H groups in total. The number of benzene rings is 3. The second-order valence-corrected chi connectivity index (χ2v) is 4.88. The Kier molecular flexibility index (Phi) is 3.02. The lowest BCUT2D eigenvalue weighted by molar-refractivity contribution is 0.796. The first-order valence-corrected chi connectivity index (χ1v) is 6.70. The quantitative estimate of drug-likeness (QED) is 0.550. The maximum atomic E-state index is 3.49. The van der Waals surface area contributed by atoms with Crippen LogP contribution in [-0.2, 0) is 6.42 Å². The molecule has 0 amide bonds. The van der Waals surface area contributed by atoms with E-state index in [4.69, 9.17) is 0 Å². The van der Waals surface area contributed by atoms with E-state index in [0.717, 1.165) is 0 Å². The molecular formula is C18H17. The molecule has 0 heterocycles. The molecule has 0 unspecified atom stereocenters. The van der Waals surface area contributed by atoms with Crippen LogP contribution in [0.3, 0.4) is 0 Å². The minimum Gasteiger partial charge on any atom is -0.0654 e. The summed E-state index contributed by atoms with van der Waals surface area (Å²) in [6.45, 7) is 2.24. The number of fused-ring (bicyclic) bond motifs is 2. The van der Waals surface area contributed by atoms with Gasteiger partial charge >= 0.3 is 0 Å². The maximum absolute atomic E-state index is 3.49. The van der Waals surface area contributed by atoms with Gasteiger partial charge in [0, 0.05) is 0 Å². The van der Waals surface area contributed by atoms with Crippen LogP contribution in [0, 0.1) is 6.07 Å². The highest BCUT2D eigenvalue weighted by molar-refractivity contribution is 5.97. The molecule has 0 nitrogen and oxygen atoms in total. The molecule has 0 saturated heterocycles. The molecule has 3 rings (SSSR count). The van der Waals surface area contributed by atoms with E-state index in [1.54, 1.807) is 0 Å². The van der Waals surface area contributed by atoms with Gasteiger partial charge in [-0.05, 0) is 52.1 Å². The minimum absolute atomic E-state index is 1.18. The summed E-state index contributed by atoms with van der Waals surface area (Å²) in [4.78, 5) is 0. The van der Waals surface area contributed by atoms with Crippen molar-refractivity contribution >= 4 is 21.5 Å². The third-order valence-corrected chi connectivity index (χ3v) is 3.48. The number of rotatable bonds is 3. The standard InChI is InChI=1S/C18H17/c1-2-3-6-14-9-10-17-12-15-7-4-5-8-16(15)13-18(17)11-14/h4-5,7-11,13H,2-3,6H2,1H3. The Morgan fingerprint density at radius 2 is 1.72 bits per heavy atom. The molecule has 89 valence electrons. The SMILES string of the molecule is CCCCc1ccc2[c]c3ccccc3cc2c1. The minimum atomic E-state index is 1.18. The molecule has 0 atom stereocenters. The molecule has 3 aromatic carbocycles. The van der Waals surface area contributed by atoms with Gasteiger partial charge in [0.2, 0.25) is 0 Å². The summed E-state index contributed by atoms with van der Waals surface area (Å²) in [5, 5.41) is 5.00. The van der Waals surface area contributed by atoms with Crippen molar-refractivity contribution in [2.45, 2.75) is 26.2 Å². The summed E-state index contributed by atoms with van der Waals surface area (Å²) in [5.41, 5.74) is 1.44. The van der Waals surface area contributed by atoms with Crippen molar-refractivity contribution in [3.8, 4) is 0 Å². The molecule has 0 aliphatic heterocycles. The second-order valence-electron chi connectivity index (χ2n) is 4.88. The normalized spacial score (nSPS) is 11.2. The third-order valence-electron chi connectivity index (χ3n) is 3.48. The summed E-state index contributed by atoms with van der Waals surface area (Å²) in [6, 6.07) is 21.0. The molecular weight excluding hydrogens is 216 g/mol. The van der Waals surface area contributed by atoms with E-state index in [2.05, 4.69) is 61.5 Å². The highest BCUT2D eigenvalue weighted by Crippen LogP contribution is 2.23. The van der Waals surface area contributed by atoms with Crippen molar-refractivity contribution in [2.75, 3.05) is 0 Å². The summed E-state index contributed by atoms with van der Waals surface area (Å²) in [7, 11) is 0. The van der Waals surface area contributed by atoms with E-state index >= 15 is 0 Å². The summed E-state index contributed by atoms with van der Waals surface area (Å²) >= 11 is 0. The van der Waals surface area contributed by atoms with Crippen LogP contribution in [0.25, 0.3) is 21.5 Å². The Bertz CT molecular complexity index is 680. The van der Waals surface area contributed by atoms with Gasteiger partial charge in [0.1, 0.15) is 0 Å². The fourth-order valence-electron chi connectivity index (χ4n) is 2.43. The second kappa shape index (κ2) is 4.81. The number of unbranched alkanes of at least 4 members (excludes halogenated alkanes) is 1. The summed E-state index contributed by atoms with van der Waals surface area (Å²) in [6.07, 6.45) is 3.70. The predicted octanol–water partition coefficient (Wildman–Crippen LogP) is 5.14. The molecule has 0 aliphatic carbocycles. The third kappa shape index (κ3) is 2.11. The molecule has 1 radical (unpaired) electrons. The lowest BCUT2D eigenvalue weighted by atomic mass is 10.00. The molecule has 0 fully saturated rings. The first-order chi connectivity index (χ1) is 8.86. The van der Waals surface area contributed by atoms with Gasteiger partial charge in [0.25, 0.3) is 0 Å². The molecule has 0 spiro atoms. The highest BCUT2D eigenvalue weighted by Gasteiger charge is 2.00. The molecule has 3 aromatic rings. The van der Waals surface area contributed by atoms with Gasteiger partial charge in [-0.1, -0.05) is 55.8 Å². The predicted molar refractivity (Wildman–Crippen MR) is 78.9 cm³/mol. The highest BCUT2D eigenvalue weighted by atomic mass is 14.0. The van der Waals surface area contributed by atoms with Crippen LogP contribution in [0.2, 0.25) is 0 Å². The lowest BCUT2D eigenvalue weighted by Crippen LogP contribution is -1.85. The first kappa shape index (κ1) is 11.3. The maximum Gasteiger partial charge on any atom is -0.00143 e. The molecule has 0 aromatic heterocycles. The van der Waals surface area contributed by atoms with Crippen molar-refractivity contribution in [2.24, 2.45) is 0 Å². The van der Waals surface area contributed by atoms with Gasteiger partial charge in [-0.3, -0.25) is 0 Å². The Hall–Kier alpha value is -1.82. The van der Waals surface area contributed by atoms with E-state index in [1.807, 2.05) is 0 Å². The van der Waals surface area contributed by atoms with Crippen LogP contribution >= 0.6 is 0 Å². The van der Waals surface area contributed by atoms with Gasteiger partial charge < -0.3 is 0 Å². The van der Waals surface area contributed by atoms with Crippen LogP contribution in [-0.4, -0.2) is 0 Å². The van der Waals surface area contributed by atoms with Crippen molar-refractivity contribution in [3.05, 3.63) is 60.2 Å². The van der Waals surface area contributed by atoms with Crippen molar-refractivity contribution in [1.29, 1.82) is 0 Å². The lowest BCUT2D eigenvalue weighted by Gasteiger charge is -2.05. The molecule has 0 heteroatoms. The molecule has 0 aliphatic rings. The molecule has 0 bridgehead atoms. The number of hydrogen-bond acceptors (Lipinski definition) is 0. The van der Waals surface area contributed by atoms with Gasteiger partial charge in [-0.2, -0.15) is 0 Å². The first-order valence-electron chi connectivity index (χ1n) is 6.70. The largest absolute Gasteiger partial charge is 0.0654 e. The number of aryl methyl sites for hydroxylation is 1. The van der Waals surface area contributed by atoms with E-state index < -0.39 is 0 Å². The summed E-state index contributed by atoms with van der Waals surface area (Å²) < 4.78 is 0. The van der Waals surface area contributed by atoms with Gasteiger partial charge in [0.05, 0.1) is 0 Å². The number of hydrogen-bond donors (Lipinski definition) is 0. The smallest absolute Gasteiger partial charge is 0.00143 e. The van der Waals surface area contributed by atoms with Crippen LogP contribution in [0.5, 0.6) is 0 Å². The Balaban J connectivity index is 2.12. The van der Waals surface area contributed by atoms with Gasteiger partial charge in [-0.25, -0.2) is 0 Å². The Labute approximate surface area is 108 Å². The zero-order valence-corrected chi connectivity index (χ0v) is 10.7. The van der Waals surface area contributed by atoms with Crippen LogP contribution in [0.1, 0.15) is 25.3 Å². The fraction of sp³-hybridized carbons (Fsp3) is 0.222. The van der Waals surface area contributed by atoms with Crippen molar-refractivity contribution < 1.29 is 0 Å². The van der Waals surface area contributed by atoms with Gasteiger partial charge in [-0.15, -0.1) is 0 Å². The Morgan fingerprint density at radius 3 is 2.61 bits per heavy atom. The fourth-order valence-corrected chi connectivity index (χ4v) is 2.43. The monoisotopic (exact) mass is 233 g/mol. The van der Waals surface area contributed by atoms with E-state index in [9.17, 15) is 0 Å². The molecule has 0 saturated carbocycles. The van der Waals surface area contributed by atoms with Crippen molar-refractivity contribution in [1.82, 2.24) is 0 Å². The average Bonchev–Trinajstić information content (AvgIpc) is 2.42. The topological polar surface area (TPSA) is 0 Å². The van der Waals surface area contributed by atoms with Crippen molar-refractivity contribution in [3.63, 3.8) is 0 Å². The summed E-state index contributed by atoms with van der Waals surface area (Å²) in [5.74, 6) is 0. The van der Waals surface area contributed by atoms with Gasteiger partial charge in [0.15, 0.2) is 0 Å². The van der Waals surface area contributed by atoms with Crippen LogP contribution < -0.4 is 0 Å². The molecule has 18 heavy (non-hydrogen) atoms. The van der Waals surface area contributed by atoms with E-state index in [1.165, 1.54) is 46.4 Å². The zero-order chi connectivity index (χ0) is 12.4. The average molecular weight is 233 g/mol.